The zero-order valence-electron chi connectivity index (χ0n) is 17.2. The SMILES string of the molecule is COc1ccc(OC)c(C2CCN(S(=O)(=O)c3ccc(-c4coc(C)n4)cc3)C2)c1. The number of hydrogen-bond acceptors (Lipinski definition) is 6. The van der Waals surface area contributed by atoms with Crippen molar-refractivity contribution in [2.75, 3.05) is 27.3 Å². The van der Waals surface area contributed by atoms with E-state index in [1.165, 1.54) is 4.31 Å². The Morgan fingerprint density at radius 2 is 1.87 bits per heavy atom. The molecule has 0 saturated carbocycles. The molecule has 1 aliphatic heterocycles. The molecule has 30 heavy (non-hydrogen) atoms. The lowest BCUT2D eigenvalue weighted by molar-refractivity contribution is 0.394. The molecule has 0 N–H and O–H groups in total. The van der Waals surface area contributed by atoms with Crippen LogP contribution in [0, 0.1) is 6.92 Å². The van der Waals surface area contributed by atoms with Crippen molar-refractivity contribution in [3.05, 3.63) is 60.2 Å². The van der Waals surface area contributed by atoms with Gasteiger partial charge >= 0.3 is 0 Å². The molecule has 3 aromatic rings. The zero-order chi connectivity index (χ0) is 21.3. The van der Waals surface area contributed by atoms with Gasteiger partial charge in [-0.1, -0.05) is 12.1 Å². The summed E-state index contributed by atoms with van der Waals surface area (Å²) in [4.78, 5) is 4.54. The Bertz CT molecular complexity index is 1140. The van der Waals surface area contributed by atoms with Crippen LogP contribution < -0.4 is 9.47 Å². The first-order chi connectivity index (χ1) is 14.4. The minimum absolute atomic E-state index is 0.0437. The standard InChI is InChI=1S/C22H24N2O5S/c1-15-23-21(14-29-15)16-4-7-19(8-5-16)30(25,26)24-11-10-17(13-24)20-12-18(27-2)6-9-22(20)28-3/h4-9,12,14,17H,10-11,13H2,1-3H3. The molecule has 0 amide bonds. The number of ether oxygens (including phenoxy) is 2. The maximum absolute atomic E-state index is 13.2. The highest BCUT2D eigenvalue weighted by Crippen LogP contribution is 2.37. The Balaban J connectivity index is 1.55. The van der Waals surface area contributed by atoms with Crippen LogP contribution in [-0.2, 0) is 10.0 Å². The highest BCUT2D eigenvalue weighted by atomic mass is 32.2. The summed E-state index contributed by atoms with van der Waals surface area (Å²) in [5.41, 5.74) is 2.46. The summed E-state index contributed by atoms with van der Waals surface area (Å²) in [6, 6.07) is 12.4. The average molecular weight is 429 g/mol. The van der Waals surface area contributed by atoms with E-state index in [1.54, 1.807) is 51.7 Å². The fourth-order valence-electron chi connectivity index (χ4n) is 3.80. The highest BCUT2D eigenvalue weighted by Gasteiger charge is 2.34. The maximum Gasteiger partial charge on any atom is 0.243 e. The van der Waals surface area contributed by atoms with Gasteiger partial charge in [0.25, 0.3) is 0 Å². The summed E-state index contributed by atoms with van der Waals surface area (Å²) >= 11 is 0. The van der Waals surface area contributed by atoms with Crippen LogP contribution in [0.1, 0.15) is 23.8 Å². The number of aromatic nitrogens is 1. The van der Waals surface area contributed by atoms with Crippen molar-refractivity contribution in [1.29, 1.82) is 0 Å². The molecule has 1 unspecified atom stereocenters. The van der Waals surface area contributed by atoms with Crippen LogP contribution in [0.2, 0.25) is 0 Å². The van der Waals surface area contributed by atoms with Crippen LogP contribution in [0.3, 0.4) is 0 Å². The number of hydrogen-bond donors (Lipinski definition) is 0. The molecular weight excluding hydrogens is 404 g/mol. The van der Waals surface area contributed by atoms with Gasteiger partial charge in [-0.05, 0) is 36.8 Å². The van der Waals surface area contributed by atoms with Gasteiger partial charge in [0.05, 0.1) is 19.1 Å². The molecule has 7 nitrogen and oxygen atoms in total. The van der Waals surface area contributed by atoms with E-state index in [9.17, 15) is 8.42 Å². The smallest absolute Gasteiger partial charge is 0.243 e. The molecule has 0 spiro atoms. The van der Waals surface area contributed by atoms with Crippen molar-refractivity contribution in [2.45, 2.75) is 24.2 Å². The Labute approximate surface area is 176 Å². The number of oxazole rings is 1. The van der Waals surface area contributed by atoms with E-state index in [0.717, 1.165) is 29.0 Å². The van der Waals surface area contributed by atoms with Gasteiger partial charge < -0.3 is 13.9 Å². The van der Waals surface area contributed by atoms with Crippen LogP contribution in [0.15, 0.2) is 58.0 Å². The van der Waals surface area contributed by atoms with Crippen LogP contribution >= 0.6 is 0 Å². The average Bonchev–Trinajstić information content (AvgIpc) is 3.43. The second-order valence-corrected chi connectivity index (χ2v) is 9.17. The summed E-state index contributed by atoms with van der Waals surface area (Å²) in [6.45, 7) is 2.62. The summed E-state index contributed by atoms with van der Waals surface area (Å²) in [7, 11) is -0.361. The third kappa shape index (κ3) is 3.80. The second kappa shape index (κ2) is 8.12. The van der Waals surface area contributed by atoms with E-state index in [-0.39, 0.29) is 10.8 Å². The predicted molar refractivity (Wildman–Crippen MR) is 112 cm³/mol. The largest absolute Gasteiger partial charge is 0.497 e. The topological polar surface area (TPSA) is 81.9 Å². The van der Waals surface area contributed by atoms with Crippen molar-refractivity contribution < 1.29 is 22.3 Å². The van der Waals surface area contributed by atoms with Crippen molar-refractivity contribution in [1.82, 2.24) is 9.29 Å². The lowest BCUT2D eigenvalue weighted by Crippen LogP contribution is -2.28. The lowest BCUT2D eigenvalue weighted by atomic mass is 9.97. The molecule has 4 rings (SSSR count). The third-order valence-corrected chi connectivity index (χ3v) is 7.31. The van der Waals surface area contributed by atoms with Crippen molar-refractivity contribution in [3.8, 4) is 22.8 Å². The van der Waals surface area contributed by atoms with Gasteiger partial charge in [0.2, 0.25) is 10.0 Å². The van der Waals surface area contributed by atoms with Gasteiger partial charge in [0, 0.05) is 37.1 Å². The maximum atomic E-state index is 13.2. The van der Waals surface area contributed by atoms with E-state index in [4.69, 9.17) is 13.9 Å². The van der Waals surface area contributed by atoms with E-state index in [2.05, 4.69) is 4.98 Å². The van der Waals surface area contributed by atoms with E-state index in [0.29, 0.717) is 24.7 Å². The van der Waals surface area contributed by atoms with Crippen molar-refractivity contribution in [3.63, 3.8) is 0 Å². The Kier molecular flexibility index (Phi) is 5.53. The van der Waals surface area contributed by atoms with Gasteiger partial charge in [-0.2, -0.15) is 4.31 Å². The number of aryl methyl sites for hydroxylation is 1. The van der Waals surface area contributed by atoms with Crippen molar-refractivity contribution in [2.24, 2.45) is 0 Å². The molecule has 2 aromatic carbocycles. The third-order valence-electron chi connectivity index (χ3n) is 5.43. The molecule has 1 aliphatic rings. The molecule has 8 heteroatoms. The van der Waals surface area contributed by atoms with E-state index >= 15 is 0 Å². The van der Waals surface area contributed by atoms with Crippen LogP contribution in [-0.4, -0.2) is 45.0 Å². The number of sulfonamides is 1. The van der Waals surface area contributed by atoms with Crippen LogP contribution in [0.5, 0.6) is 11.5 Å². The second-order valence-electron chi connectivity index (χ2n) is 7.23. The van der Waals surface area contributed by atoms with Crippen LogP contribution in [0.25, 0.3) is 11.3 Å². The Morgan fingerprint density at radius 3 is 2.50 bits per heavy atom. The molecule has 0 radical (unpaired) electrons. The van der Waals surface area contributed by atoms with E-state index in [1.807, 2.05) is 18.2 Å². The zero-order valence-corrected chi connectivity index (χ0v) is 18.0. The molecule has 1 aromatic heterocycles. The first kappa shape index (κ1) is 20.4. The Morgan fingerprint density at radius 1 is 1.10 bits per heavy atom. The Hall–Kier alpha value is -2.84. The summed E-state index contributed by atoms with van der Waals surface area (Å²) < 4.78 is 43.9. The van der Waals surface area contributed by atoms with Crippen molar-refractivity contribution >= 4 is 10.0 Å². The van der Waals surface area contributed by atoms with Gasteiger partial charge in [-0.3, -0.25) is 0 Å². The number of methoxy groups -OCH3 is 2. The summed E-state index contributed by atoms with van der Waals surface area (Å²) in [5, 5.41) is 0. The molecule has 1 fully saturated rings. The van der Waals surface area contributed by atoms with Gasteiger partial charge in [-0.15, -0.1) is 0 Å². The normalized spacial score (nSPS) is 17.2. The molecule has 2 heterocycles. The molecular formula is C22H24N2O5S. The van der Waals surface area contributed by atoms with E-state index < -0.39 is 10.0 Å². The van der Waals surface area contributed by atoms with Gasteiger partial charge in [-0.25, -0.2) is 13.4 Å². The predicted octanol–water partition coefficient (Wildman–Crippen LogP) is 3.85. The van der Waals surface area contributed by atoms with Gasteiger partial charge in [0.1, 0.15) is 23.5 Å². The fourth-order valence-corrected chi connectivity index (χ4v) is 5.30. The number of benzene rings is 2. The molecule has 0 aliphatic carbocycles. The minimum atomic E-state index is -3.59. The summed E-state index contributed by atoms with van der Waals surface area (Å²) in [6.07, 6.45) is 2.28. The lowest BCUT2D eigenvalue weighted by Gasteiger charge is -2.18. The van der Waals surface area contributed by atoms with Gasteiger partial charge in [0.15, 0.2) is 5.89 Å². The molecule has 0 bridgehead atoms. The quantitative estimate of drug-likeness (QED) is 0.593. The number of nitrogens with zero attached hydrogens (tertiary/aromatic N) is 2. The monoisotopic (exact) mass is 428 g/mol. The molecule has 1 saturated heterocycles. The fraction of sp³-hybridized carbons (Fsp3) is 0.318. The van der Waals surface area contributed by atoms with Crippen LogP contribution in [0.4, 0.5) is 0 Å². The first-order valence-electron chi connectivity index (χ1n) is 9.67. The highest BCUT2D eigenvalue weighted by molar-refractivity contribution is 7.89. The minimum Gasteiger partial charge on any atom is -0.497 e. The molecule has 158 valence electrons. The summed E-state index contributed by atoms with van der Waals surface area (Å²) in [5.74, 6) is 2.08. The molecule has 1 atom stereocenters. The number of rotatable bonds is 6. The first-order valence-corrected chi connectivity index (χ1v) is 11.1.